The first-order valence-electron chi connectivity index (χ1n) is 8.20. The summed E-state index contributed by atoms with van der Waals surface area (Å²) in [6.07, 6.45) is 2.73. The van der Waals surface area contributed by atoms with E-state index in [2.05, 4.69) is 5.10 Å². The zero-order valence-electron chi connectivity index (χ0n) is 14.0. The molecule has 0 saturated carbocycles. The maximum atomic E-state index is 12.7. The molecule has 1 aliphatic heterocycles. The highest BCUT2D eigenvalue weighted by Crippen LogP contribution is 2.15. The van der Waals surface area contributed by atoms with Crippen LogP contribution in [-0.4, -0.2) is 47.5 Å². The molecule has 0 unspecified atom stereocenters. The van der Waals surface area contributed by atoms with Gasteiger partial charge >= 0.3 is 0 Å². The highest BCUT2D eigenvalue weighted by Gasteiger charge is 2.18. The summed E-state index contributed by atoms with van der Waals surface area (Å²) in [6, 6.07) is 9.99. The SMILES string of the molecule is COCCN(Cc1ccccc1)C(=O)Cn1cc2c(n1)CCOC2. The summed E-state index contributed by atoms with van der Waals surface area (Å²) in [7, 11) is 1.65. The quantitative estimate of drug-likeness (QED) is 0.775. The zero-order chi connectivity index (χ0) is 16.8. The van der Waals surface area contributed by atoms with Crippen LogP contribution in [0.25, 0.3) is 0 Å². The topological polar surface area (TPSA) is 56.6 Å². The van der Waals surface area contributed by atoms with Gasteiger partial charge in [-0.25, -0.2) is 0 Å². The van der Waals surface area contributed by atoms with Gasteiger partial charge in [-0.15, -0.1) is 0 Å². The molecule has 2 heterocycles. The van der Waals surface area contributed by atoms with Crippen molar-refractivity contribution < 1.29 is 14.3 Å². The second-order valence-corrected chi connectivity index (χ2v) is 5.89. The van der Waals surface area contributed by atoms with E-state index in [0.717, 1.165) is 23.2 Å². The molecule has 0 spiro atoms. The van der Waals surface area contributed by atoms with Gasteiger partial charge in [-0.1, -0.05) is 30.3 Å². The van der Waals surface area contributed by atoms with Crippen molar-refractivity contribution in [1.29, 1.82) is 0 Å². The van der Waals surface area contributed by atoms with Crippen LogP contribution in [0.4, 0.5) is 0 Å². The lowest BCUT2D eigenvalue weighted by Gasteiger charge is -2.22. The van der Waals surface area contributed by atoms with Crippen LogP contribution in [0.3, 0.4) is 0 Å². The smallest absolute Gasteiger partial charge is 0.244 e. The van der Waals surface area contributed by atoms with Crippen LogP contribution < -0.4 is 0 Å². The van der Waals surface area contributed by atoms with Gasteiger partial charge < -0.3 is 14.4 Å². The minimum atomic E-state index is 0.0386. The number of carbonyl (C=O) groups is 1. The third-order valence-electron chi connectivity index (χ3n) is 4.10. The minimum absolute atomic E-state index is 0.0386. The molecule has 1 aromatic heterocycles. The molecule has 0 N–H and O–H groups in total. The van der Waals surface area contributed by atoms with E-state index in [0.29, 0.717) is 32.9 Å². The highest BCUT2D eigenvalue weighted by molar-refractivity contribution is 5.76. The molecule has 24 heavy (non-hydrogen) atoms. The number of fused-ring (bicyclic) bond motifs is 1. The summed E-state index contributed by atoms with van der Waals surface area (Å²) in [4.78, 5) is 14.5. The van der Waals surface area contributed by atoms with Crippen LogP contribution in [0.2, 0.25) is 0 Å². The summed E-state index contributed by atoms with van der Waals surface area (Å²) >= 11 is 0. The number of nitrogens with zero attached hydrogens (tertiary/aromatic N) is 3. The Bertz CT molecular complexity index is 646. The van der Waals surface area contributed by atoms with E-state index in [9.17, 15) is 4.79 Å². The molecule has 1 aromatic carbocycles. The Balaban J connectivity index is 1.67. The number of carbonyl (C=O) groups excluding carboxylic acids is 1. The average molecular weight is 329 g/mol. The molecule has 6 heteroatoms. The van der Waals surface area contributed by atoms with Gasteiger partial charge in [0.25, 0.3) is 0 Å². The molecular weight excluding hydrogens is 306 g/mol. The molecule has 3 rings (SSSR count). The maximum Gasteiger partial charge on any atom is 0.244 e. The van der Waals surface area contributed by atoms with Gasteiger partial charge in [-0.3, -0.25) is 9.48 Å². The van der Waals surface area contributed by atoms with E-state index in [4.69, 9.17) is 9.47 Å². The zero-order valence-corrected chi connectivity index (χ0v) is 14.0. The number of hydrogen-bond acceptors (Lipinski definition) is 4. The third kappa shape index (κ3) is 4.21. The van der Waals surface area contributed by atoms with Crippen LogP contribution in [0.5, 0.6) is 0 Å². The molecule has 0 fully saturated rings. The lowest BCUT2D eigenvalue weighted by atomic mass is 10.2. The van der Waals surface area contributed by atoms with E-state index in [-0.39, 0.29) is 12.5 Å². The number of amides is 1. The van der Waals surface area contributed by atoms with Crippen molar-refractivity contribution in [2.24, 2.45) is 0 Å². The van der Waals surface area contributed by atoms with Crippen LogP contribution >= 0.6 is 0 Å². The molecule has 0 atom stereocenters. The molecule has 1 aliphatic rings. The largest absolute Gasteiger partial charge is 0.383 e. The second kappa shape index (κ2) is 8.08. The lowest BCUT2D eigenvalue weighted by molar-refractivity contribution is -0.133. The van der Waals surface area contributed by atoms with E-state index in [1.807, 2.05) is 41.4 Å². The lowest BCUT2D eigenvalue weighted by Crippen LogP contribution is -2.36. The standard InChI is InChI=1S/C18H23N3O3/c1-23-10-8-20(11-15-5-3-2-4-6-15)18(22)13-21-12-16-14-24-9-7-17(16)19-21/h2-6,12H,7-11,13-14H2,1H3. The average Bonchev–Trinajstić information content (AvgIpc) is 3.01. The Morgan fingerprint density at radius 1 is 1.38 bits per heavy atom. The van der Waals surface area contributed by atoms with Gasteiger partial charge in [0.2, 0.25) is 5.91 Å². The molecule has 2 aromatic rings. The minimum Gasteiger partial charge on any atom is -0.383 e. The van der Waals surface area contributed by atoms with Crippen molar-refractivity contribution in [2.75, 3.05) is 26.9 Å². The van der Waals surface area contributed by atoms with Gasteiger partial charge in [0.15, 0.2) is 0 Å². The molecule has 0 bridgehead atoms. The van der Waals surface area contributed by atoms with Crippen LogP contribution in [0, 0.1) is 0 Å². The van der Waals surface area contributed by atoms with Crippen LogP contribution in [0.15, 0.2) is 36.5 Å². The summed E-state index contributed by atoms with van der Waals surface area (Å²) < 4.78 is 12.3. The van der Waals surface area contributed by atoms with Crippen molar-refractivity contribution >= 4 is 5.91 Å². The molecule has 1 amide bonds. The Kier molecular flexibility index (Phi) is 5.61. The molecular formula is C18H23N3O3. The first-order chi connectivity index (χ1) is 11.8. The Morgan fingerprint density at radius 3 is 2.96 bits per heavy atom. The molecule has 0 aliphatic carbocycles. The normalized spacial score (nSPS) is 13.5. The Labute approximate surface area is 142 Å². The van der Waals surface area contributed by atoms with Gasteiger partial charge in [-0.2, -0.15) is 5.10 Å². The van der Waals surface area contributed by atoms with Gasteiger partial charge in [-0.05, 0) is 5.56 Å². The summed E-state index contributed by atoms with van der Waals surface area (Å²) in [5.41, 5.74) is 3.23. The Hall–Kier alpha value is -2.18. The molecule has 6 nitrogen and oxygen atoms in total. The van der Waals surface area contributed by atoms with E-state index >= 15 is 0 Å². The first kappa shape index (κ1) is 16.7. The monoisotopic (exact) mass is 329 g/mol. The van der Waals surface area contributed by atoms with Crippen molar-refractivity contribution in [3.8, 4) is 0 Å². The predicted molar refractivity (Wildman–Crippen MR) is 89.3 cm³/mol. The van der Waals surface area contributed by atoms with Crippen molar-refractivity contribution in [3.63, 3.8) is 0 Å². The number of rotatable bonds is 7. The Morgan fingerprint density at radius 2 is 2.21 bits per heavy atom. The molecule has 128 valence electrons. The number of hydrogen-bond donors (Lipinski definition) is 0. The van der Waals surface area contributed by atoms with E-state index in [1.165, 1.54) is 0 Å². The van der Waals surface area contributed by atoms with E-state index in [1.54, 1.807) is 11.8 Å². The van der Waals surface area contributed by atoms with E-state index < -0.39 is 0 Å². The fraction of sp³-hybridized carbons (Fsp3) is 0.444. The first-order valence-corrected chi connectivity index (χ1v) is 8.20. The fourth-order valence-corrected chi connectivity index (χ4v) is 2.80. The number of benzene rings is 1. The van der Waals surface area contributed by atoms with Crippen molar-refractivity contribution in [1.82, 2.24) is 14.7 Å². The van der Waals surface area contributed by atoms with Gasteiger partial charge in [0.1, 0.15) is 6.54 Å². The summed E-state index contributed by atoms with van der Waals surface area (Å²) in [6.45, 7) is 3.18. The summed E-state index contributed by atoms with van der Waals surface area (Å²) in [5, 5.41) is 4.52. The molecule has 0 saturated heterocycles. The van der Waals surface area contributed by atoms with Gasteiger partial charge in [0.05, 0.1) is 25.5 Å². The second-order valence-electron chi connectivity index (χ2n) is 5.89. The maximum absolute atomic E-state index is 12.7. The van der Waals surface area contributed by atoms with Crippen LogP contribution in [-0.2, 0) is 40.4 Å². The van der Waals surface area contributed by atoms with Crippen molar-refractivity contribution in [3.05, 3.63) is 53.3 Å². The highest BCUT2D eigenvalue weighted by atomic mass is 16.5. The number of aromatic nitrogens is 2. The molecule has 0 radical (unpaired) electrons. The van der Waals surface area contributed by atoms with Crippen LogP contribution in [0.1, 0.15) is 16.8 Å². The van der Waals surface area contributed by atoms with Crippen molar-refractivity contribution in [2.45, 2.75) is 26.1 Å². The third-order valence-corrected chi connectivity index (χ3v) is 4.10. The number of ether oxygens (including phenoxy) is 2. The van der Waals surface area contributed by atoms with Gasteiger partial charge in [0, 0.05) is 38.4 Å². The predicted octanol–water partition coefficient (Wildman–Crippen LogP) is 1.63. The fourth-order valence-electron chi connectivity index (χ4n) is 2.80. The number of methoxy groups -OCH3 is 1. The summed E-state index contributed by atoms with van der Waals surface area (Å²) in [5.74, 6) is 0.0386.